The van der Waals surface area contributed by atoms with Gasteiger partial charge in [-0.25, -0.2) is 0 Å². The van der Waals surface area contributed by atoms with Gasteiger partial charge in [0.15, 0.2) is 11.5 Å². The van der Waals surface area contributed by atoms with Crippen LogP contribution in [0.25, 0.3) is 6.08 Å². The molecule has 0 aromatic heterocycles. The quantitative estimate of drug-likeness (QED) is 0.454. The van der Waals surface area contributed by atoms with Crippen molar-refractivity contribution in [1.82, 2.24) is 5.32 Å². The summed E-state index contributed by atoms with van der Waals surface area (Å²) in [6, 6.07) is 8.87. The minimum absolute atomic E-state index is 0.0535. The molecule has 0 bridgehead atoms. The van der Waals surface area contributed by atoms with E-state index in [1.165, 1.54) is 0 Å². The van der Waals surface area contributed by atoms with Gasteiger partial charge in [-0.2, -0.15) is 0 Å². The average molecular weight is 485 g/mol. The van der Waals surface area contributed by atoms with Gasteiger partial charge >= 0.3 is 0 Å². The van der Waals surface area contributed by atoms with Crippen molar-refractivity contribution >= 4 is 57.0 Å². The Morgan fingerprint density at radius 2 is 2.00 bits per heavy atom. The van der Waals surface area contributed by atoms with Gasteiger partial charge in [0.05, 0.1) is 27.5 Å². The Bertz CT molecular complexity index is 975. The highest BCUT2D eigenvalue weighted by atomic mass is 79.9. The van der Waals surface area contributed by atoms with Crippen LogP contribution in [0.4, 0.5) is 0 Å². The van der Waals surface area contributed by atoms with E-state index < -0.39 is 0 Å². The van der Waals surface area contributed by atoms with E-state index in [0.717, 1.165) is 5.56 Å². The summed E-state index contributed by atoms with van der Waals surface area (Å²) < 4.78 is 12.3. The molecule has 5 nitrogen and oxygen atoms in total. The number of carbonyl (C=O) groups excluding carboxylic acids is 2. The van der Waals surface area contributed by atoms with Crippen LogP contribution in [0.2, 0.25) is 10.0 Å². The van der Waals surface area contributed by atoms with Crippen LogP contribution in [-0.4, -0.2) is 18.4 Å². The molecule has 2 aromatic rings. The van der Waals surface area contributed by atoms with Gasteiger partial charge in [0, 0.05) is 11.1 Å². The van der Waals surface area contributed by atoms with E-state index in [4.69, 9.17) is 32.7 Å². The Balaban J connectivity index is 1.92. The Hall–Kier alpha value is -2.02. The highest BCUT2D eigenvalue weighted by molar-refractivity contribution is 9.10. The van der Waals surface area contributed by atoms with Crippen molar-refractivity contribution in [2.75, 3.05) is 6.61 Å². The predicted octanol–water partition coefficient (Wildman–Crippen LogP) is 5.16. The number of imide groups is 1. The second-order valence-electron chi connectivity index (χ2n) is 5.99. The van der Waals surface area contributed by atoms with E-state index in [0.29, 0.717) is 43.8 Å². The summed E-state index contributed by atoms with van der Waals surface area (Å²) in [5, 5.41) is 3.14. The molecular weight excluding hydrogens is 469 g/mol. The number of hydrogen-bond acceptors (Lipinski definition) is 4. The lowest BCUT2D eigenvalue weighted by atomic mass is 10.1. The van der Waals surface area contributed by atoms with Crippen LogP contribution in [0, 0.1) is 0 Å². The first kappa shape index (κ1) is 20.7. The van der Waals surface area contributed by atoms with Crippen LogP contribution < -0.4 is 14.8 Å². The average Bonchev–Trinajstić information content (AvgIpc) is 2.96. The van der Waals surface area contributed by atoms with Crippen LogP contribution in [0.1, 0.15) is 24.5 Å². The second kappa shape index (κ2) is 8.99. The summed E-state index contributed by atoms with van der Waals surface area (Å²) in [6.45, 7) is 2.50. The molecule has 0 spiro atoms. The summed E-state index contributed by atoms with van der Waals surface area (Å²) in [7, 11) is 0. The minimum atomic E-state index is -0.386. The van der Waals surface area contributed by atoms with Crippen LogP contribution >= 0.6 is 39.1 Å². The van der Waals surface area contributed by atoms with Gasteiger partial charge in [0.2, 0.25) is 5.91 Å². The molecule has 28 heavy (non-hydrogen) atoms. The molecule has 0 saturated carbocycles. The summed E-state index contributed by atoms with van der Waals surface area (Å²) in [5.74, 6) is 0.315. The minimum Gasteiger partial charge on any atom is -0.489 e. The van der Waals surface area contributed by atoms with Gasteiger partial charge in [0.25, 0.3) is 5.91 Å². The van der Waals surface area contributed by atoms with Crippen molar-refractivity contribution in [3.63, 3.8) is 0 Å². The largest absolute Gasteiger partial charge is 0.489 e. The van der Waals surface area contributed by atoms with Gasteiger partial charge in [-0.05, 0) is 52.7 Å². The Labute approximate surface area is 180 Å². The lowest BCUT2D eigenvalue weighted by Gasteiger charge is -2.15. The zero-order valence-electron chi connectivity index (χ0n) is 14.9. The second-order valence-corrected chi connectivity index (χ2v) is 7.63. The molecule has 8 heteroatoms. The number of hydrogen-bond donors (Lipinski definition) is 1. The topological polar surface area (TPSA) is 64.6 Å². The molecule has 2 aromatic carbocycles. The molecule has 3 rings (SSSR count). The number of rotatable bonds is 6. The van der Waals surface area contributed by atoms with Crippen LogP contribution in [0.3, 0.4) is 0 Å². The maximum absolute atomic E-state index is 11.8. The molecule has 146 valence electrons. The fourth-order valence-electron chi connectivity index (χ4n) is 2.70. The van der Waals surface area contributed by atoms with Crippen molar-refractivity contribution in [3.8, 4) is 11.5 Å². The molecule has 0 aliphatic carbocycles. The molecule has 0 radical (unpaired) electrons. The monoisotopic (exact) mass is 483 g/mol. The van der Waals surface area contributed by atoms with Gasteiger partial charge in [0.1, 0.15) is 6.61 Å². The maximum atomic E-state index is 11.8. The molecule has 1 fully saturated rings. The molecule has 1 heterocycles. The zero-order chi connectivity index (χ0) is 20.3. The third kappa shape index (κ3) is 4.69. The lowest BCUT2D eigenvalue weighted by molar-refractivity contribution is -0.124. The SMILES string of the molecule is CCOc1c(Br)cc(C=C2CC(=O)NC2=O)cc1OCc1cccc(Cl)c1Cl. The molecule has 1 aliphatic heterocycles. The first-order valence-electron chi connectivity index (χ1n) is 8.45. The number of benzene rings is 2. The van der Waals surface area contributed by atoms with Crippen molar-refractivity contribution < 1.29 is 19.1 Å². The first-order chi connectivity index (χ1) is 13.4. The lowest BCUT2D eigenvalue weighted by Crippen LogP contribution is -2.19. The Morgan fingerprint density at radius 1 is 1.21 bits per heavy atom. The fraction of sp³-hybridized carbons (Fsp3) is 0.200. The van der Waals surface area contributed by atoms with Gasteiger partial charge in [-0.3, -0.25) is 14.9 Å². The van der Waals surface area contributed by atoms with Crippen molar-refractivity contribution in [2.45, 2.75) is 20.0 Å². The Morgan fingerprint density at radius 3 is 2.68 bits per heavy atom. The third-order valence-corrected chi connectivity index (χ3v) is 5.42. The standard InChI is InChI=1S/C20H16BrCl2NO4/c1-2-27-19-14(21)7-11(6-13-9-17(25)24-20(13)26)8-16(19)28-10-12-4-3-5-15(22)18(12)23/h3-8H,2,9-10H2,1H3,(H,24,25,26). The van der Waals surface area contributed by atoms with Crippen LogP contribution in [0.15, 0.2) is 40.4 Å². The van der Waals surface area contributed by atoms with E-state index >= 15 is 0 Å². The van der Waals surface area contributed by atoms with Crippen molar-refractivity contribution in [1.29, 1.82) is 0 Å². The molecule has 1 saturated heterocycles. The van der Waals surface area contributed by atoms with E-state index in [-0.39, 0.29) is 24.8 Å². The molecule has 1 aliphatic rings. The number of ether oxygens (including phenoxy) is 2. The van der Waals surface area contributed by atoms with Crippen LogP contribution in [-0.2, 0) is 16.2 Å². The van der Waals surface area contributed by atoms with E-state index in [9.17, 15) is 9.59 Å². The van der Waals surface area contributed by atoms with E-state index in [2.05, 4.69) is 21.2 Å². The fourth-order valence-corrected chi connectivity index (χ4v) is 3.65. The van der Waals surface area contributed by atoms with Gasteiger partial charge < -0.3 is 9.47 Å². The van der Waals surface area contributed by atoms with Gasteiger partial charge in [-0.1, -0.05) is 35.3 Å². The highest BCUT2D eigenvalue weighted by Gasteiger charge is 2.24. The third-order valence-electron chi connectivity index (χ3n) is 3.97. The number of carbonyl (C=O) groups is 2. The summed E-state index contributed by atoms with van der Waals surface area (Å²) in [5.41, 5.74) is 1.82. The van der Waals surface area contributed by atoms with E-state index in [1.54, 1.807) is 30.3 Å². The number of nitrogens with one attached hydrogen (secondary N) is 1. The molecule has 2 amide bonds. The van der Waals surface area contributed by atoms with E-state index in [1.807, 2.05) is 13.0 Å². The zero-order valence-corrected chi connectivity index (χ0v) is 18.0. The highest BCUT2D eigenvalue weighted by Crippen LogP contribution is 2.38. The van der Waals surface area contributed by atoms with Gasteiger partial charge in [-0.15, -0.1) is 0 Å². The number of amides is 2. The van der Waals surface area contributed by atoms with Crippen molar-refractivity contribution in [2.24, 2.45) is 0 Å². The number of halogens is 3. The molecule has 0 unspecified atom stereocenters. The predicted molar refractivity (Wildman–Crippen MR) is 112 cm³/mol. The smallest absolute Gasteiger partial charge is 0.254 e. The summed E-state index contributed by atoms with van der Waals surface area (Å²) in [6.07, 6.45) is 1.71. The Kier molecular flexibility index (Phi) is 6.65. The molecular formula is C20H16BrCl2NO4. The maximum Gasteiger partial charge on any atom is 0.254 e. The summed E-state index contributed by atoms with van der Waals surface area (Å²) >= 11 is 15.8. The summed E-state index contributed by atoms with van der Waals surface area (Å²) in [4.78, 5) is 23.2. The first-order valence-corrected chi connectivity index (χ1v) is 10.0. The normalized spacial score (nSPS) is 15.1. The molecule has 0 atom stereocenters. The van der Waals surface area contributed by atoms with Crippen LogP contribution in [0.5, 0.6) is 11.5 Å². The molecule has 1 N–H and O–H groups in total. The van der Waals surface area contributed by atoms with Crippen molar-refractivity contribution in [3.05, 3.63) is 61.5 Å².